The second-order valence-electron chi connectivity index (χ2n) is 9.96. The maximum Gasteiger partial charge on any atom is 0.272 e. The number of rotatable bonds is 8. The number of imidazole rings is 1. The molecule has 200 valence electrons. The lowest BCUT2D eigenvalue weighted by molar-refractivity contribution is -0.123. The molecule has 0 saturated heterocycles. The lowest BCUT2D eigenvalue weighted by Crippen LogP contribution is -2.42. The van der Waals surface area contributed by atoms with Gasteiger partial charge in [0.15, 0.2) is 5.69 Å². The Morgan fingerprint density at radius 3 is 2.35 bits per heavy atom. The van der Waals surface area contributed by atoms with Crippen LogP contribution in [0.4, 0.5) is 5.69 Å². The van der Waals surface area contributed by atoms with Crippen LogP contribution in [0.3, 0.4) is 0 Å². The molecule has 0 unspecified atom stereocenters. The van der Waals surface area contributed by atoms with Crippen LogP contribution in [0.5, 0.6) is 0 Å². The summed E-state index contributed by atoms with van der Waals surface area (Å²) in [4.78, 5) is 51.0. The van der Waals surface area contributed by atoms with E-state index in [-0.39, 0.29) is 35.2 Å². The third-order valence-electron chi connectivity index (χ3n) is 6.85. The largest absolute Gasteiger partial charge is 0.368 e. The molecule has 0 spiro atoms. The lowest BCUT2D eigenvalue weighted by atomic mass is 9.85. The molecule has 1 heterocycles. The van der Waals surface area contributed by atoms with Crippen molar-refractivity contribution < 1.29 is 14.4 Å². The number of carbonyl (C=O) groups is 3. The van der Waals surface area contributed by atoms with Crippen molar-refractivity contribution in [3.8, 4) is 0 Å². The standard InChI is InChI=1S/C27H37ClN6O3/c1-17-9-7-8-10-21(17)34(6)26(36)19-11-13-20(14-12-19)31-25(35)22-23(30-16-29-22)27(37)33(5)15-18(2)24(28)32(3)4/h7-10,16,19-20H,11-15H2,1-6H3,(H,29,30)(H,31,35). The average molecular weight is 529 g/mol. The van der Waals surface area contributed by atoms with Gasteiger partial charge in [0.05, 0.1) is 6.33 Å². The molecule has 1 aliphatic carbocycles. The number of aryl methyl sites for hydroxylation is 1. The fourth-order valence-electron chi connectivity index (χ4n) is 4.77. The summed E-state index contributed by atoms with van der Waals surface area (Å²) in [6.07, 6.45) is 4.10. The highest BCUT2D eigenvalue weighted by Crippen LogP contribution is 2.29. The van der Waals surface area contributed by atoms with E-state index >= 15 is 0 Å². The zero-order valence-electron chi connectivity index (χ0n) is 22.5. The number of aromatic amines is 1. The molecule has 10 heteroatoms. The molecule has 2 aromatic rings. The van der Waals surface area contributed by atoms with Gasteiger partial charge in [-0.1, -0.05) is 29.8 Å². The van der Waals surface area contributed by atoms with Crippen LogP contribution in [0.15, 0.2) is 41.3 Å². The predicted molar refractivity (Wildman–Crippen MR) is 146 cm³/mol. The fraction of sp³-hybridized carbons (Fsp3) is 0.481. The highest BCUT2D eigenvalue weighted by Gasteiger charge is 2.31. The average Bonchev–Trinajstić information content (AvgIpc) is 3.37. The number of aromatic nitrogens is 2. The number of benzene rings is 1. The van der Waals surface area contributed by atoms with Crippen molar-refractivity contribution in [2.75, 3.05) is 39.6 Å². The van der Waals surface area contributed by atoms with E-state index in [1.807, 2.05) is 59.3 Å². The normalized spacial score (nSPS) is 18.0. The Kier molecular flexibility index (Phi) is 9.37. The fourth-order valence-corrected chi connectivity index (χ4v) is 4.83. The van der Waals surface area contributed by atoms with Crippen molar-refractivity contribution >= 4 is 35.0 Å². The summed E-state index contributed by atoms with van der Waals surface area (Å²) < 4.78 is 0. The van der Waals surface area contributed by atoms with Gasteiger partial charge >= 0.3 is 0 Å². The molecule has 0 bridgehead atoms. The molecule has 9 nitrogen and oxygen atoms in total. The van der Waals surface area contributed by atoms with Crippen LogP contribution in [0.2, 0.25) is 0 Å². The van der Waals surface area contributed by atoms with Crippen LogP contribution < -0.4 is 10.2 Å². The number of H-pyrrole nitrogens is 1. The van der Waals surface area contributed by atoms with E-state index in [0.29, 0.717) is 37.4 Å². The number of hydrogen-bond acceptors (Lipinski definition) is 5. The number of nitrogens with one attached hydrogen (secondary N) is 2. The van der Waals surface area contributed by atoms with Crippen molar-refractivity contribution in [1.29, 1.82) is 0 Å². The van der Waals surface area contributed by atoms with Gasteiger partial charge in [0.1, 0.15) is 10.9 Å². The molecule has 0 aliphatic heterocycles. The zero-order chi connectivity index (χ0) is 27.3. The summed E-state index contributed by atoms with van der Waals surface area (Å²) in [5.74, 6) is -0.734. The molecule has 0 atom stereocenters. The Hall–Kier alpha value is -3.33. The Balaban J connectivity index is 1.57. The number of hydrogen-bond donors (Lipinski definition) is 2. The van der Waals surface area contributed by atoms with Gasteiger partial charge in [-0.3, -0.25) is 14.4 Å². The summed E-state index contributed by atoms with van der Waals surface area (Å²) in [6.45, 7) is 4.16. The number of amides is 3. The molecule has 1 aliphatic rings. The smallest absolute Gasteiger partial charge is 0.272 e. The number of halogens is 1. The highest BCUT2D eigenvalue weighted by molar-refractivity contribution is 6.29. The molecule has 1 fully saturated rings. The van der Waals surface area contributed by atoms with E-state index in [1.54, 1.807) is 16.8 Å². The third kappa shape index (κ3) is 6.71. The second-order valence-corrected chi connectivity index (χ2v) is 10.3. The maximum absolute atomic E-state index is 13.1. The number of carbonyl (C=O) groups excluding carboxylic acids is 3. The van der Waals surface area contributed by atoms with Gasteiger partial charge in [-0.05, 0) is 56.7 Å². The molecule has 1 aromatic carbocycles. The minimum Gasteiger partial charge on any atom is -0.368 e. The van der Waals surface area contributed by atoms with Crippen LogP contribution in [-0.2, 0) is 4.79 Å². The Morgan fingerprint density at radius 2 is 1.73 bits per heavy atom. The first-order valence-electron chi connectivity index (χ1n) is 12.5. The molecule has 1 aromatic heterocycles. The van der Waals surface area contributed by atoms with Crippen molar-refractivity contribution in [3.63, 3.8) is 0 Å². The van der Waals surface area contributed by atoms with E-state index in [9.17, 15) is 14.4 Å². The summed E-state index contributed by atoms with van der Waals surface area (Å²) in [5, 5.41) is 3.56. The maximum atomic E-state index is 13.1. The summed E-state index contributed by atoms with van der Waals surface area (Å²) in [5.41, 5.74) is 3.00. The van der Waals surface area contributed by atoms with E-state index in [2.05, 4.69) is 15.3 Å². The van der Waals surface area contributed by atoms with Crippen LogP contribution >= 0.6 is 11.6 Å². The van der Waals surface area contributed by atoms with Gasteiger partial charge in [0.25, 0.3) is 11.8 Å². The Bertz CT molecular complexity index is 1170. The van der Waals surface area contributed by atoms with Crippen LogP contribution in [0.1, 0.15) is 59.1 Å². The third-order valence-corrected chi connectivity index (χ3v) is 7.51. The van der Waals surface area contributed by atoms with Crippen molar-refractivity contribution in [1.82, 2.24) is 25.1 Å². The topological polar surface area (TPSA) is 102 Å². The number of nitrogens with zero attached hydrogens (tertiary/aromatic N) is 4. The van der Waals surface area contributed by atoms with Crippen molar-refractivity contribution in [2.24, 2.45) is 5.92 Å². The van der Waals surface area contributed by atoms with E-state index in [4.69, 9.17) is 11.6 Å². The second kappa shape index (κ2) is 12.3. The molecular formula is C27H37ClN6O3. The summed E-state index contributed by atoms with van der Waals surface area (Å²) in [6, 6.07) is 7.75. The minimum absolute atomic E-state index is 0.0645. The van der Waals surface area contributed by atoms with Crippen molar-refractivity contribution in [2.45, 2.75) is 45.6 Å². The van der Waals surface area contributed by atoms with Crippen LogP contribution in [0, 0.1) is 12.8 Å². The van der Waals surface area contributed by atoms with Gasteiger partial charge in [-0.15, -0.1) is 0 Å². The number of likely N-dealkylation sites (N-methyl/N-ethyl adjacent to an activating group) is 1. The number of para-hydroxylation sites is 1. The van der Waals surface area contributed by atoms with Gasteiger partial charge in [-0.2, -0.15) is 0 Å². The highest BCUT2D eigenvalue weighted by atomic mass is 35.5. The predicted octanol–water partition coefficient (Wildman–Crippen LogP) is 3.77. The zero-order valence-corrected chi connectivity index (χ0v) is 23.2. The summed E-state index contributed by atoms with van der Waals surface area (Å²) >= 11 is 6.27. The van der Waals surface area contributed by atoms with Crippen LogP contribution in [-0.4, -0.2) is 78.3 Å². The SMILES string of the molecule is CC(CN(C)C(=O)c1[nH]cnc1C(=O)NC1CCC(C(=O)N(C)c2ccccc2C)CC1)=C(Cl)N(C)C. The first-order valence-corrected chi connectivity index (χ1v) is 12.8. The van der Waals surface area contributed by atoms with E-state index in [1.165, 1.54) is 11.2 Å². The van der Waals surface area contributed by atoms with Gasteiger partial charge < -0.3 is 25.0 Å². The quantitative estimate of drug-likeness (QED) is 0.508. The Morgan fingerprint density at radius 1 is 1.08 bits per heavy atom. The molecule has 0 radical (unpaired) electrons. The first kappa shape index (κ1) is 28.2. The molecule has 1 saturated carbocycles. The minimum atomic E-state index is -0.400. The van der Waals surface area contributed by atoms with Crippen LogP contribution in [0.25, 0.3) is 0 Å². The van der Waals surface area contributed by atoms with Gasteiger partial charge in [0, 0.05) is 52.4 Å². The number of anilines is 1. The van der Waals surface area contributed by atoms with E-state index < -0.39 is 5.91 Å². The first-order chi connectivity index (χ1) is 17.5. The van der Waals surface area contributed by atoms with Gasteiger partial charge in [-0.25, -0.2) is 4.98 Å². The van der Waals surface area contributed by atoms with Gasteiger partial charge in [0.2, 0.25) is 5.91 Å². The lowest BCUT2D eigenvalue weighted by Gasteiger charge is -2.31. The molecule has 3 rings (SSSR count). The van der Waals surface area contributed by atoms with Crippen molar-refractivity contribution in [3.05, 3.63) is 58.3 Å². The summed E-state index contributed by atoms with van der Waals surface area (Å²) in [7, 11) is 7.13. The molecule has 2 N–H and O–H groups in total. The molecule has 37 heavy (non-hydrogen) atoms. The Labute approximate surface area is 223 Å². The van der Waals surface area contributed by atoms with E-state index in [0.717, 1.165) is 16.8 Å². The monoisotopic (exact) mass is 528 g/mol. The molecule has 3 amide bonds. The molecular weight excluding hydrogens is 492 g/mol.